The van der Waals surface area contributed by atoms with Gasteiger partial charge in [-0.2, -0.15) is 10.2 Å². The minimum atomic E-state index is 0.253. The van der Waals surface area contributed by atoms with Crippen molar-refractivity contribution in [3.63, 3.8) is 0 Å². The monoisotopic (exact) mass is 432 g/mol. The van der Waals surface area contributed by atoms with Gasteiger partial charge in [-0.1, -0.05) is 6.92 Å². The molecular weight excluding hydrogens is 404 g/mol. The maximum absolute atomic E-state index is 6.28. The summed E-state index contributed by atoms with van der Waals surface area (Å²) in [6.07, 6.45) is 7.53. The van der Waals surface area contributed by atoms with E-state index in [0.29, 0.717) is 18.3 Å². The summed E-state index contributed by atoms with van der Waals surface area (Å²) in [4.78, 5) is 10.9. The number of aryl methyl sites for hydroxylation is 2. The van der Waals surface area contributed by atoms with Gasteiger partial charge >= 0.3 is 0 Å². The number of anilines is 2. The molecule has 1 saturated heterocycles. The molecule has 0 bridgehead atoms. The van der Waals surface area contributed by atoms with Crippen LogP contribution >= 0.6 is 0 Å². The van der Waals surface area contributed by atoms with Crippen molar-refractivity contribution < 1.29 is 4.74 Å². The van der Waals surface area contributed by atoms with Gasteiger partial charge in [0, 0.05) is 49.7 Å². The molecule has 2 atom stereocenters. The molecule has 9 nitrogen and oxygen atoms in total. The average Bonchev–Trinajstić information content (AvgIpc) is 3.41. The van der Waals surface area contributed by atoms with Crippen molar-refractivity contribution in [1.82, 2.24) is 34.3 Å². The molecule has 0 spiro atoms. The second-order valence-electron chi connectivity index (χ2n) is 8.68. The highest BCUT2D eigenvalue weighted by Crippen LogP contribution is 2.28. The highest BCUT2D eigenvalue weighted by Gasteiger charge is 2.28. The van der Waals surface area contributed by atoms with Gasteiger partial charge in [0.25, 0.3) is 0 Å². The molecule has 1 aliphatic rings. The van der Waals surface area contributed by atoms with Gasteiger partial charge in [-0.15, -0.1) is 0 Å². The lowest BCUT2D eigenvalue weighted by Gasteiger charge is -2.16. The predicted molar refractivity (Wildman–Crippen MR) is 123 cm³/mol. The Bertz CT molecular complexity index is 1250. The first-order chi connectivity index (χ1) is 15.5. The molecule has 1 N–H and O–H groups in total. The summed E-state index contributed by atoms with van der Waals surface area (Å²) >= 11 is 0. The zero-order valence-corrected chi connectivity index (χ0v) is 18.9. The fraction of sp³-hybridized carbons (Fsp3) is 0.391. The van der Waals surface area contributed by atoms with Crippen LogP contribution in [0.5, 0.6) is 0 Å². The molecule has 0 unspecified atom stereocenters. The molecule has 5 heterocycles. The first kappa shape index (κ1) is 20.6. The van der Waals surface area contributed by atoms with Crippen molar-refractivity contribution in [2.45, 2.75) is 26.6 Å². The van der Waals surface area contributed by atoms with E-state index in [4.69, 9.17) is 4.74 Å². The summed E-state index contributed by atoms with van der Waals surface area (Å²) in [5.74, 6) is 1.92. The summed E-state index contributed by atoms with van der Waals surface area (Å²) in [5.41, 5.74) is 5.06. The largest absolute Gasteiger partial charge is 0.372 e. The smallest absolute Gasteiger partial charge is 0.154 e. The number of likely N-dealkylation sites (N-methyl/N-ethyl adjacent to an activating group) is 1. The Morgan fingerprint density at radius 2 is 2.00 bits per heavy atom. The van der Waals surface area contributed by atoms with Crippen molar-refractivity contribution in [3.05, 3.63) is 54.2 Å². The van der Waals surface area contributed by atoms with Crippen molar-refractivity contribution >= 4 is 17.2 Å². The maximum Gasteiger partial charge on any atom is 0.154 e. The van der Waals surface area contributed by atoms with Crippen LogP contribution in [0.25, 0.3) is 16.8 Å². The molecule has 166 valence electrons. The van der Waals surface area contributed by atoms with Gasteiger partial charge in [-0.3, -0.25) is 9.67 Å². The summed E-state index contributed by atoms with van der Waals surface area (Å²) in [6.45, 7) is 6.76. The van der Waals surface area contributed by atoms with Crippen molar-refractivity contribution in [3.8, 4) is 11.3 Å². The summed E-state index contributed by atoms with van der Waals surface area (Å²) in [6, 6.07) is 6.17. The number of rotatable bonds is 6. The van der Waals surface area contributed by atoms with E-state index in [9.17, 15) is 0 Å². The zero-order valence-electron chi connectivity index (χ0n) is 18.9. The van der Waals surface area contributed by atoms with Gasteiger partial charge in [0.05, 0.1) is 42.0 Å². The molecule has 0 amide bonds. The summed E-state index contributed by atoms with van der Waals surface area (Å²) in [7, 11) is 4.11. The molecule has 0 saturated carbocycles. The zero-order chi connectivity index (χ0) is 22.2. The first-order valence-electron chi connectivity index (χ1n) is 10.8. The number of hydrogen-bond donors (Lipinski definition) is 1. The van der Waals surface area contributed by atoms with Gasteiger partial charge in [0.1, 0.15) is 5.82 Å². The number of likely N-dealkylation sites (tertiary alicyclic amines) is 1. The van der Waals surface area contributed by atoms with Crippen LogP contribution in [0, 0.1) is 12.8 Å². The lowest BCUT2D eigenvalue weighted by Crippen LogP contribution is -2.21. The van der Waals surface area contributed by atoms with Crippen LogP contribution < -0.4 is 5.32 Å². The standard InChI is InChI=1S/C23H28N8O/c1-15-12-29(3)13-20(15)32-14-18-10-25-30(4)23(18)17-5-6-31-19(7-17)8-21(28-31)27-22-11-24-9-16(2)26-22/h5-11,15,20H,12-14H2,1-4H3,(H,26,27,28)/t15-,20+/m1/s1. The number of nitrogens with zero attached hydrogens (tertiary/aromatic N) is 7. The van der Waals surface area contributed by atoms with E-state index in [-0.39, 0.29) is 6.10 Å². The molecule has 1 fully saturated rings. The molecule has 0 radical (unpaired) electrons. The van der Waals surface area contributed by atoms with E-state index in [2.05, 4.69) is 56.5 Å². The number of fused-ring (bicyclic) bond motifs is 1. The van der Waals surface area contributed by atoms with E-state index in [1.807, 2.05) is 41.6 Å². The van der Waals surface area contributed by atoms with Crippen LogP contribution in [0.3, 0.4) is 0 Å². The topological polar surface area (TPSA) is 85.4 Å². The quantitative estimate of drug-likeness (QED) is 0.501. The Morgan fingerprint density at radius 1 is 1.12 bits per heavy atom. The third-order valence-electron chi connectivity index (χ3n) is 5.94. The number of nitrogens with one attached hydrogen (secondary N) is 1. The molecule has 0 aromatic carbocycles. The minimum absolute atomic E-state index is 0.253. The lowest BCUT2D eigenvalue weighted by molar-refractivity contribution is 0.0273. The van der Waals surface area contributed by atoms with Crippen LogP contribution in [-0.2, 0) is 18.4 Å². The van der Waals surface area contributed by atoms with E-state index in [0.717, 1.165) is 46.9 Å². The van der Waals surface area contributed by atoms with Gasteiger partial charge in [-0.25, -0.2) is 9.50 Å². The maximum atomic E-state index is 6.28. The number of ether oxygens (including phenoxy) is 1. The van der Waals surface area contributed by atoms with Crippen molar-refractivity contribution in [1.29, 1.82) is 0 Å². The molecular formula is C23H28N8O. The summed E-state index contributed by atoms with van der Waals surface area (Å²) in [5, 5.41) is 12.3. The van der Waals surface area contributed by atoms with E-state index < -0.39 is 0 Å². The van der Waals surface area contributed by atoms with Gasteiger partial charge in [0.15, 0.2) is 5.82 Å². The Balaban J connectivity index is 1.38. The lowest BCUT2D eigenvalue weighted by atomic mass is 10.1. The van der Waals surface area contributed by atoms with Gasteiger partial charge in [0.2, 0.25) is 0 Å². The van der Waals surface area contributed by atoms with Gasteiger partial charge < -0.3 is 15.0 Å². The van der Waals surface area contributed by atoms with E-state index in [1.165, 1.54) is 0 Å². The Labute approximate surface area is 187 Å². The first-order valence-corrected chi connectivity index (χ1v) is 10.8. The van der Waals surface area contributed by atoms with Crippen LogP contribution in [0.15, 0.2) is 43.0 Å². The molecule has 1 aliphatic heterocycles. The predicted octanol–water partition coefficient (Wildman–Crippen LogP) is 3.04. The second kappa shape index (κ2) is 8.33. The average molecular weight is 433 g/mol. The molecule has 4 aromatic heterocycles. The number of aromatic nitrogens is 6. The molecule has 4 aromatic rings. The van der Waals surface area contributed by atoms with E-state index in [1.54, 1.807) is 12.4 Å². The minimum Gasteiger partial charge on any atom is -0.372 e. The van der Waals surface area contributed by atoms with Crippen molar-refractivity contribution in [2.24, 2.45) is 13.0 Å². The number of hydrogen-bond acceptors (Lipinski definition) is 7. The molecule has 32 heavy (non-hydrogen) atoms. The fourth-order valence-electron chi connectivity index (χ4n) is 4.40. The SMILES string of the molecule is Cc1cncc(Nc2cc3cc(-c4c(CO[C@H]5CN(C)C[C@H]5C)cnn4C)ccn3n2)n1. The molecule has 5 rings (SSSR count). The Hall–Kier alpha value is -3.30. The van der Waals surface area contributed by atoms with Crippen LogP contribution in [0.2, 0.25) is 0 Å². The van der Waals surface area contributed by atoms with E-state index >= 15 is 0 Å². The molecule has 0 aliphatic carbocycles. The molecule has 9 heteroatoms. The fourth-order valence-corrected chi connectivity index (χ4v) is 4.40. The third-order valence-corrected chi connectivity index (χ3v) is 5.94. The number of pyridine rings is 1. The highest BCUT2D eigenvalue weighted by molar-refractivity contribution is 5.71. The van der Waals surface area contributed by atoms with Crippen molar-refractivity contribution in [2.75, 3.05) is 25.5 Å². The third kappa shape index (κ3) is 4.09. The van der Waals surface area contributed by atoms with Crippen LogP contribution in [-0.4, -0.2) is 60.5 Å². The van der Waals surface area contributed by atoms with Crippen LogP contribution in [0.1, 0.15) is 18.2 Å². The summed E-state index contributed by atoms with van der Waals surface area (Å²) < 4.78 is 10.0. The second-order valence-corrected chi connectivity index (χ2v) is 8.68. The Morgan fingerprint density at radius 3 is 2.78 bits per heavy atom. The van der Waals surface area contributed by atoms with Crippen LogP contribution in [0.4, 0.5) is 11.6 Å². The Kier molecular flexibility index (Phi) is 5.36. The highest BCUT2D eigenvalue weighted by atomic mass is 16.5. The normalized spacial score (nSPS) is 19.1. The van der Waals surface area contributed by atoms with Gasteiger partial charge in [-0.05, 0) is 32.0 Å².